The zero-order valence-corrected chi connectivity index (χ0v) is 16.7. The SMILES string of the molecule is COc1ccc2c(c1)c(CC1=NNCC(=O)N1)c(C)n2C(=O)c1ccc(Cl)cc1. The van der Waals surface area contributed by atoms with Gasteiger partial charge in [0, 0.05) is 28.1 Å². The fraction of sp³-hybridized carbons (Fsp3) is 0.190. The summed E-state index contributed by atoms with van der Waals surface area (Å²) < 4.78 is 7.04. The minimum Gasteiger partial charge on any atom is -0.497 e. The van der Waals surface area contributed by atoms with Crippen LogP contribution in [0.5, 0.6) is 5.75 Å². The fourth-order valence-corrected chi connectivity index (χ4v) is 3.61. The molecular weight excluding hydrogens is 392 g/mol. The molecule has 0 unspecified atom stereocenters. The maximum Gasteiger partial charge on any atom is 0.262 e. The normalized spacial score (nSPS) is 13.6. The standard InChI is InChI=1S/C21H19ClN4O3/c1-12-16(10-19-24-20(27)11-23-25-19)17-9-15(29-2)7-8-18(17)26(12)21(28)13-3-5-14(22)6-4-13/h3-9,23H,10-11H2,1-2H3,(H,24,25,27). The van der Waals surface area contributed by atoms with Gasteiger partial charge in [-0.2, -0.15) is 5.10 Å². The molecule has 1 aromatic heterocycles. The number of fused-ring (bicyclic) bond motifs is 1. The number of amides is 1. The molecule has 0 atom stereocenters. The molecule has 1 amide bonds. The van der Waals surface area contributed by atoms with E-state index in [-0.39, 0.29) is 18.4 Å². The van der Waals surface area contributed by atoms with Crippen LogP contribution in [0.2, 0.25) is 5.02 Å². The topological polar surface area (TPSA) is 84.7 Å². The molecule has 0 bridgehead atoms. The van der Waals surface area contributed by atoms with E-state index in [4.69, 9.17) is 16.3 Å². The van der Waals surface area contributed by atoms with Crippen LogP contribution in [0.1, 0.15) is 21.6 Å². The van der Waals surface area contributed by atoms with Crippen LogP contribution >= 0.6 is 11.6 Å². The van der Waals surface area contributed by atoms with Crippen LogP contribution in [0.25, 0.3) is 10.9 Å². The van der Waals surface area contributed by atoms with Gasteiger partial charge in [-0.25, -0.2) is 0 Å². The molecule has 29 heavy (non-hydrogen) atoms. The molecule has 0 aliphatic carbocycles. The molecule has 1 aliphatic rings. The number of rotatable bonds is 4. The number of aromatic nitrogens is 1. The lowest BCUT2D eigenvalue weighted by Crippen LogP contribution is -2.43. The summed E-state index contributed by atoms with van der Waals surface area (Å²) in [4.78, 5) is 25.0. The molecule has 0 fully saturated rings. The second-order valence-corrected chi connectivity index (χ2v) is 7.15. The summed E-state index contributed by atoms with van der Waals surface area (Å²) in [5, 5.41) is 8.39. The number of nitrogens with zero attached hydrogens (tertiary/aromatic N) is 2. The number of carbonyl (C=O) groups excluding carboxylic acids is 2. The number of halogens is 1. The van der Waals surface area contributed by atoms with Crippen molar-refractivity contribution in [3.63, 3.8) is 0 Å². The van der Waals surface area contributed by atoms with Crippen molar-refractivity contribution in [3.05, 3.63) is 64.3 Å². The molecule has 0 saturated carbocycles. The number of methoxy groups -OCH3 is 1. The van der Waals surface area contributed by atoms with Crippen LogP contribution in [0, 0.1) is 6.92 Å². The van der Waals surface area contributed by atoms with E-state index < -0.39 is 0 Å². The Bertz CT molecular complexity index is 1150. The Morgan fingerprint density at radius 3 is 2.69 bits per heavy atom. The highest BCUT2D eigenvalue weighted by Crippen LogP contribution is 2.31. The number of hydrazone groups is 1. The van der Waals surface area contributed by atoms with Crippen LogP contribution in [0.15, 0.2) is 47.6 Å². The minimum absolute atomic E-state index is 0.146. The van der Waals surface area contributed by atoms with Crippen LogP contribution in [0.3, 0.4) is 0 Å². The Morgan fingerprint density at radius 1 is 1.24 bits per heavy atom. The number of nitrogens with one attached hydrogen (secondary N) is 2. The molecule has 2 aromatic carbocycles. The summed E-state index contributed by atoms with van der Waals surface area (Å²) in [6.45, 7) is 2.03. The average Bonchev–Trinajstić information content (AvgIpc) is 2.99. The van der Waals surface area contributed by atoms with E-state index in [0.717, 1.165) is 22.2 Å². The summed E-state index contributed by atoms with van der Waals surface area (Å²) in [5.41, 5.74) is 5.67. The first-order chi connectivity index (χ1) is 14.0. The lowest BCUT2D eigenvalue weighted by atomic mass is 10.1. The second kappa shape index (κ2) is 7.60. The van der Waals surface area contributed by atoms with Gasteiger partial charge in [0.25, 0.3) is 5.91 Å². The summed E-state index contributed by atoms with van der Waals surface area (Å²) in [6, 6.07) is 12.4. The highest BCUT2D eigenvalue weighted by molar-refractivity contribution is 6.30. The molecule has 2 N–H and O–H groups in total. The monoisotopic (exact) mass is 410 g/mol. The van der Waals surface area contributed by atoms with Gasteiger partial charge in [-0.05, 0) is 55.0 Å². The van der Waals surface area contributed by atoms with Crippen molar-refractivity contribution in [2.75, 3.05) is 13.7 Å². The van der Waals surface area contributed by atoms with E-state index in [1.165, 1.54) is 0 Å². The molecule has 148 valence electrons. The Hall–Kier alpha value is -3.32. The first-order valence-corrected chi connectivity index (χ1v) is 9.43. The summed E-state index contributed by atoms with van der Waals surface area (Å²) in [5.74, 6) is 0.882. The fourth-order valence-electron chi connectivity index (χ4n) is 3.49. The molecule has 2 heterocycles. The molecule has 0 spiro atoms. The molecule has 0 saturated heterocycles. The third kappa shape index (κ3) is 3.56. The minimum atomic E-state index is -0.159. The van der Waals surface area contributed by atoms with Gasteiger partial charge in [-0.3, -0.25) is 19.6 Å². The molecule has 3 aromatic rings. The summed E-state index contributed by atoms with van der Waals surface area (Å²) in [6.07, 6.45) is 0.370. The van der Waals surface area contributed by atoms with E-state index in [2.05, 4.69) is 15.8 Å². The first kappa shape index (κ1) is 19.0. The zero-order chi connectivity index (χ0) is 20.5. The highest BCUT2D eigenvalue weighted by atomic mass is 35.5. The third-order valence-electron chi connectivity index (χ3n) is 4.92. The van der Waals surface area contributed by atoms with E-state index >= 15 is 0 Å². The Labute approximate surface area is 172 Å². The van der Waals surface area contributed by atoms with Gasteiger partial charge in [0.05, 0.1) is 12.6 Å². The quantitative estimate of drug-likeness (QED) is 0.692. The van der Waals surface area contributed by atoms with Crippen molar-refractivity contribution in [2.24, 2.45) is 5.10 Å². The maximum atomic E-state index is 13.3. The number of benzene rings is 2. The smallest absolute Gasteiger partial charge is 0.262 e. The Morgan fingerprint density at radius 2 is 2.00 bits per heavy atom. The average molecular weight is 411 g/mol. The third-order valence-corrected chi connectivity index (χ3v) is 5.17. The van der Waals surface area contributed by atoms with Gasteiger partial charge >= 0.3 is 0 Å². The van der Waals surface area contributed by atoms with Crippen LogP contribution in [-0.4, -0.2) is 35.9 Å². The second-order valence-electron chi connectivity index (χ2n) is 6.71. The molecular formula is C21H19ClN4O3. The van der Waals surface area contributed by atoms with Gasteiger partial charge in [0.15, 0.2) is 0 Å². The molecule has 8 heteroatoms. The van der Waals surface area contributed by atoms with Gasteiger partial charge in [0.1, 0.15) is 18.1 Å². The van der Waals surface area contributed by atoms with Crippen molar-refractivity contribution in [1.29, 1.82) is 0 Å². The van der Waals surface area contributed by atoms with Crippen molar-refractivity contribution in [2.45, 2.75) is 13.3 Å². The van der Waals surface area contributed by atoms with Gasteiger partial charge in [-0.1, -0.05) is 11.6 Å². The lowest BCUT2D eigenvalue weighted by Gasteiger charge is -2.14. The predicted molar refractivity (Wildman–Crippen MR) is 112 cm³/mol. The van der Waals surface area contributed by atoms with Crippen molar-refractivity contribution >= 4 is 40.2 Å². The predicted octanol–water partition coefficient (Wildman–Crippen LogP) is 2.88. The summed E-state index contributed by atoms with van der Waals surface area (Å²) in [7, 11) is 1.60. The maximum absolute atomic E-state index is 13.3. The number of carbonyl (C=O) groups is 2. The summed E-state index contributed by atoms with van der Waals surface area (Å²) >= 11 is 5.96. The van der Waals surface area contributed by atoms with E-state index in [1.54, 1.807) is 35.9 Å². The number of ether oxygens (including phenoxy) is 1. The van der Waals surface area contributed by atoms with Crippen LogP contribution in [-0.2, 0) is 11.2 Å². The first-order valence-electron chi connectivity index (χ1n) is 9.05. The van der Waals surface area contributed by atoms with Crippen LogP contribution < -0.4 is 15.5 Å². The van der Waals surface area contributed by atoms with Crippen LogP contribution in [0.4, 0.5) is 0 Å². The number of amidine groups is 1. The van der Waals surface area contributed by atoms with Crippen molar-refractivity contribution < 1.29 is 14.3 Å². The Balaban J connectivity index is 1.85. The van der Waals surface area contributed by atoms with Crippen molar-refractivity contribution in [3.8, 4) is 5.75 Å². The van der Waals surface area contributed by atoms with Gasteiger partial charge < -0.3 is 10.1 Å². The molecule has 0 radical (unpaired) electrons. The van der Waals surface area contributed by atoms with E-state index in [9.17, 15) is 9.59 Å². The van der Waals surface area contributed by atoms with E-state index in [0.29, 0.717) is 28.6 Å². The molecule has 1 aliphatic heterocycles. The Kier molecular flexibility index (Phi) is 4.98. The number of hydrogen-bond donors (Lipinski definition) is 2. The lowest BCUT2D eigenvalue weighted by molar-refractivity contribution is -0.119. The molecule has 7 nitrogen and oxygen atoms in total. The van der Waals surface area contributed by atoms with Crippen molar-refractivity contribution in [1.82, 2.24) is 15.3 Å². The largest absolute Gasteiger partial charge is 0.497 e. The highest BCUT2D eigenvalue weighted by Gasteiger charge is 2.22. The molecule has 4 rings (SSSR count). The van der Waals surface area contributed by atoms with Gasteiger partial charge in [-0.15, -0.1) is 0 Å². The van der Waals surface area contributed by atoms with E-state index in [1.807, 2.05) is 25.1 Å². The number of hydrogen-bond acceptors (Lipinski definition) is 5. The van der Waals surface area contributed by atoms with Gasteiger partial charge in [0.2, 0.25) is 5.91 Å². The zero-order valence-electron chi connectivity index (χ0n) is 16.0.